The predicted molar refractivity (Wildman–Crippen MR) is 82.4 cm³/mol. The van der Waals surface area contributed by atoms with Crippen LogP contribution in [0.3, 0.4) is 0 Å². The minimum absolute atomic E-state index is 0.00760. The number of hydrogen-bond acceptors (Lipinski definition) is 3. The summed E-state index contributed by atoms with van der Waals surface area (Å²) in [4.78, 5) is 13.8. The van der Waals surface area contributed by atoms with Crippen molar-refractivity contribution < 1.29 is 9.53 Å². The molecule has 0 heterocycles. The first-order valence-corrected chi connectivity index (χ1v) is 6.84. The van der Waals surface area contributed by atoms with Crippen LogP contribution >= 0.6 is 23.2 Å². The van der Waals surface area contributed by atoms with Crippen molar-refractivity contribution in [3.05, 3.63) is 45.6 Å². The van der Waals surface area contributed by atoms with Gasteiger partial charge in [-0.1, -0.05) is 23.2 Å². The minimum Gasteiger partial charge on any atom is -0.496 e. The van der Waals surface area contributed by atoms with Gasteiger partial charge in [-0.3, -0.25) is 4.79 Å². The van der Waals surface area contributed by atoms with Gasteiger partial charge in [-0.25, -0.2) is 0 Å². The van der Waals surface area contributed by atoms with Crippen LogP contribution in [0.4, 0.5) is 0 Å². The first-order chi connectivity index (χ1) is 9.43. The molecule has 0 bridgehead atoms. The monoisotopic (exact) mass is 311 g/mol. The van der Waals surface area contributed by atoms with E-state index in [1.165, 1.54) is 0 Å². The summed E-state index contributed by atoms with van der Waals surface area (Å²) < 4.78 is 5.32. The average molecular weight is 312 g/mol. The Labute approximate surface area is 128 Å². The highest BCUT2D eigenvalue weighted by molar-refractivity contribution is 6.43. The fourth-order valence-electron chi connectivity index (χ4n) is 2.18. The number of ketones is 1. The quantitative estimate of drug-likeness (QED) is 0.795. The van der Waals surface area contributed by atoms with E-state index in [0.29, 0.717) is 27.8 Å². The van der Waals surface area contributed by atoms with Crippen LogP contribution < -0.4 is 4.74 Å². The minimum atomic E-state index is -0.00760. The summed E-state index contributed by atoms with van der Waals surface area (Å²) in [5.74, 6) is 0.608. The Morgan fingerprint density at radius 3 is 2.60 bits per heavy atom. The molecule has 1 aliphatic carbocycles. The van der Waals surface area contributed by atoms with Crippen LogP contribution in [0.5, 0.6) is 5.75 Å². The van der Waals surface area contributed by atoms with E-state index in [9.17, 15) is 4.79 Å². The molecule has 2 rings (SSSR count). The number of nitrogens with zero attached hydrogens (tertiary/aromatic N) is 1. The molecule has 0 spiro atoms. The number of benzene rings is 1. The van der Waals surface area contributed by atoms with E-state index in [-0.39, 0.29) is 5.78 Å². The molecule has 3 nitrogen and oxygen atoms in total. The lowest BCUT2D eigenvalue weighted by Gasteiger charge is -2.12. The number of allylic oxidation sites excluding steroid dienone is 3. The van der Waals surface area contributed by atoms with Gasteiger partial charge in [0.15, 0.2) is 5.78 Å². The largest absolute Gasteiger partial charge is 0.496 e. The van der Waals surface area contributed by atoms with Gasteiger partial charge in [0, 0.05) is 37.9 Å². The lowest BCUT2D eigenvalue weighted by Crippen LogP contribution is -2.05. The fourth-order valence-corrected chi connectivity index (χ4v) is 2.61. The summed E-state index contributed by atoms with van der Waals surface area (Å²) in [5.41, 5.74) is 2.24. The summed E-state index contributed by atoms with van der Waals surface area (Å²) in [6, 6.07) is 3.43. The van der Waals surface area contributed by atoms with Gasteiger partial charge in [-0.15, -0.1) is 0 Å². The van der Waals surface area contributed by atoms with Crippen LogP contribution in [0.15, 0.2) is 30.0 Å². The zero-order chi connectivity index (χ0) is 14.9. The highest BCUT2D eigenvalue weighted by atomic mass is 35.5. The van der Waals surface area contributed by atoms with Crippen molar-refractivity contribution in [1.29, 1.82) is 0 Å². The number of halogens is 2. The topological polar surface area (TPSA) is 29.5 Å². The van der Waals surface area contributed by atoms with Gasteiger partial charge < -0.3 is 9.64 Å². The molecule has 0 saturated carbocycles. The molecule has 0 saturated heterocycles. The maximum absolute atomic E-state index is 12.0. The second-order valence-electron chi connectivity index (χ2n) is 4.77. The van der Waals surface area contributed by atoms with Crippen molar-refractivity contribution in [1.82, 2.24) is 4.90 Å². The van der Waals surface area contributed by atoms with Crippen LogP contribution in [0.1, 0.15) is 12.0 Å². The van der Waals surface area contributed by atoms with Gasteiger partial charge in [0.05, 0.1) is 17.2 Å². The van der Waals surface area contributed by atoms with Gasteiger partial charge in [-0.2, -0.15) is 0 Å². The second-order valence-corrected chi connectivity index (χ2v) is 5.55. The van der Waals surface area contributed by atoms with Gasteiger partial charge in [0.2, 0.25) is 0 Å². The smallest absolute Gasteiger partial charge is 0.183 e. The van der Waals surface area contributed by atoms with Crippen molar-refractivity contribution >= 4 is 34.6 Å². The molecule has 106 valence electrons. The molecule has 1 aromatic rings. The zero-order valence-corrected chi connectivity index (χ0v) is 13.0. The highest BCUT2D eigenvalue weighted by Crippen LogP contribution is 2.42. The van der Waals surface area contributed by atoms with E-state index < -0.39 is 0 Å². The lowest BCUT2D eigenvalue weighted by molar-refractivity contribution is -0.111. The molecule has 0 atom stereocenters. The van der Waals surface area contributed by atoms with Crippen molar-refractivity contribution in [3.63, 3.8) is 0 Å². The Morgan fingerprint density at radius 1 is 1.30 bits per heavy atom. The molecule has 0 aromatic heterocycles. The first kappa shape index (κ1) is 14.9. The highest BCUT2D eigenvalue weighted by Gasteiger charge is 2.24. The molecule has 0 fully saturated rings. The maximum atomic E-state index is 12.0. The third-order valence-corrected chi connectivity index (χ3v) is 3.82. The Hall–Kier alpha value is -1.45. The van der Waals surface area contributed by atoms with Crippen LogP contribution in [-0.2, 0) is 4.79 Å². The Bertz CT molecular complexity index is 619. The molecule has 5 heteroatoms. The molecule has 0 aliphatic heterocycles. The van der Waals surface area contributed by atoms with E-state index >= 15 is 0 Å². The molecule has 1 aromatic carbocycles. The molecular formula is C15H15Cl2NO2. The third-order valence-electron chi connectivity index (χ3n) is 3.01. The standard InChI is InChI=1S/C15H15Cl2NO2/c1-18(2)8-10-6-9(7-12(10)19)14-13(20-3)5-4-11(16)15(14)17/h4-5,7-8H,6H2,1-3H3/b10-8+. The van der Waals surface area contributed by atoms with Gasteiger partial charge in [0.1, 0.15) is 5.75 Å². The predicted octanol–water partition coefficient (Wildman–Crippen LogP) is 3.80. The molecule has 1 aliphatic rings. The summed E-state index contributed by atoms with van der Waals surface area (Å²) in [6.07, 6.45) is 3.93. The van der Waals surface area contributed by atoms with Crippen LogP contribution in [0.25, 0.3) is 5.57 Å². The first-order valence-electron chi connectivity index (χ1n) is 6.08. The number of methoxy groups -OCH3 is 1. The second kappa shape index (κ2) is 5.90. The van der Waals surface area contributed by atoms with Crippen LogP contribution in [-0.4, -0.2) is 31.9 Å². The van der Waals surface area contributed by atoms with E-state index in [0.717, 1.165) is 11.1 Å². The van der Waals surface area contributed by atoms with Crippen molar-refractivity contribution in [2.75, 3.05) is 21.2 Å². The number of carbonyl (C=O) groups is 1. The average Bonchev–Trinajstić information content (AvgIpc) is 2.73. The normalized spacial score (nSPS) is 16.6. The summed E-state index contributed by atoms with van der Waals surface area (Å²) in [6.45, 7) is 0. The molecule has 0 amide bonds. The number of rotatable bonds is 3. The summed E-state index contributed by atoms with van der Waals surface area (Å²) in [7, 11) is 5.33. The number of hydrogen-bond donors (Lipinski definition) is 0. The maximum Gasteiger partial charge on any atom is 0.183 e. The summed E-state index contributed by atoms with van der Waals surface area (Å²) >= 11 is 12.3. The Kier molecular flexibility index (Phi) is 4.41. The molecule has 0 radical (unpaired) electrons. The number of ether oxygens (including phenoxy) is 1. The molecule has 0 unspecified atom stereocenters. The Morgan fingerprint density at radius 2 is 2.00 bits per heavy atom. The van der Waals surface area contributed by atoms with Crippen molar-refractivity contribution in [2.24, 2.45) is 0 Å². The molecule has 0 N–H and O–H groups in total. The Balaban J connectivity index is 2.47. The van der Waals surface area contributed by atoms with Crippen LogP contribution in [0.2, 0.25) is 10.0 Å². The van der Waals surface area contributed by atoms with E-state index in [2.05, 4.69) is 0 Å². The number of carbonyl (C=O) groups excluding carboxylic acids is 1. The molecule has 20 heavy (non-hydrogen) atoms. The zero-order valence-electron chi connectivity index (χ0n) is 11.5. The van der Waals surface area contributed by atoms with E-state index in [1.54, 1.807) is 25.3 Å². The third kappa shape index (κ3) is 2.84. The molecular weight excluding hydrogens is 297 g/mol. The summed E-state index contributed by atoms with van der Waals surface area (Å²) in [5, 5.41) is 0.858. The van der Waals surface area contributed by atoms with E-state index in [4.69, 9.17) is 27.9 Å². The SMILES string of the molecule is COc1ccc(Cl)c(Cl)c1C1=CC(=O)/C(=C/N(C)C)C1. The van der Waals surface area contributed by atoms with Gasteiger partial charge in [0.25, 0.3) is 0 Å². The fraction of sp³-hybridized carbons (Fsp3) is 0.267. The van der Waals surface area contributed by atoms with Crippen molar-refractivity contribution in [3.8, 4) is 5.75 Å². The van der Waals surface area contributed by atoms with E-state index in [1.807, 2.05) is 25.2 Å². The van der Waals surface area contributed by atoms with Gasteiger partial charge >= 0.3 is 0 Å². The van der Waals surface area contributed by atoms with Crippen LogP contribution in [0, 0.1) is 0 Å². The lowest BCUT2D eigenvalue weighted by atomic mass is 10.0. The van der Waals surface area contributed by atoms with Crippen molar-refractivity contribution in [2.45, 2.75) is 6.42 Å². The van der Waals surface area contributed by atoms with Gasteiger partial charge in [-0.05, 0) is 23.8 Å².